The first-order valence-corrected chi connectivity index (χ1v) is 14.7. The maximum absolute atomic E-state index is 13.2. The maximum Gasteiger partial charge on any atom is 0.308 e. The van der Waals surface area contributed by atoms with Crippen LogP contribution in [0, 0.1) is 45.8 Å². The summed E-state index contributed by atoms with van der Waals surface area (Å²) in [5.41, 5.74) is -2.80. The second-order valence-corrected chi connectivity index (χ2v) is 14.4. The summed E-state index contributed by atoms with van der Waals surface area (Å²) in [7, 11) is 1.38. The van der Waals surface area contributed by atoms with E-state index in [1.54, 1.807) is 26.4 Å². The molecule has 2 aliphatic heterocycles. The molecular weight excluding hydrogens is 516 g/mol. The lowest BCUT2D eigenvalue weighted by Gasteiger charge is -2.65. The number of epoxide rings is 1. The molecule has 9 nitrogen and oxygen atoms in total. The monoisotopic (exact) mass is 556 g/mol. The van der Waals surface area contributed by atoms with Crippen LogP contribution in [-0.4, -0.2) is 53.5 Å². The minimum Gasteiger partial charge on any atom is -0.472 e. The molecule has 12 atom stereocenters. The predicted molar refractivity (Wildman–Crippen MR) is 138 cm³/mol. The van der Waals surface area contributed by atoms with Gasteiger partial charge in [0.1, 0.15) is 17.8 Å². The zero-order chi connectivity index (χ0) is 28.6. The van der Waals surface area contributed by atoms with Crippen molar-refractivity contribution in [1.82, 2.24) is 0 Å². The first-order chi connectivity index (χ1) is 18.8. The average molecular weight is 557 g/mol. The van der Waals surface area contributed by atoms with E-state index >= 15 is 0 Å². The summed E-state index contributed by atoms with van der Waals surface area (Å²) in [6, 6.07) is 1.85. The van der Waals surface area contributed by atoms with Gasteiger partial charge in [-0.2, -0.15) is 0 Å². The fourth-order valence-electron chi connectivity index (χ4n) is 11.0. The normalized spacial score (nSPS) is 51.4. The minimum atomic E-state index is -1.19. The Labute approximate surface area is 234 Å². The molecule has 218 valence electrons. The molecular formula is C31H40O9. The van der Waals surface area contributed by atoms with Gasteiger partial charge in [-0.05, 0) is 37.2 Å². The van der Waals surface area contributed by atoms with Gasteiger partial charge in [0.25, 0.3) is 0 Å². The molecule has 2 bridgehead atoms. The molecule has 9 heteroatoms. The Morgan fingerprint density at radius 2 is 1.93 bits per heavy atom. The minimum absolute atomic E-state index is 0.0848. The van der Waals surface area contributed by atoms with E-state index in [1.807, 2.05) is 6.07 Å². The summed E-state index contributed by atoms with van der Waals surface area (Å²) in [4.78, 5) is 39.1. The second-order valence-electron chi connectivity index (χ2n) is 14.4. The third kappa shape index (κ3) is 2.84. The van der Waals surface area contributed by atoms with Crippen LogP contribution in [0.25, 0.3) is 0 Å². The zero-order valence-electron chi connectivity index (χ0n) is 24.1. The number of carbonyl (C=O) groups is 3. The first-order valence-electron chi connectivity index (χ1n) is 14.7. The molecule has 3 heterocycles. The van der Waals surface area contributed by atoms with E-state index in [0.717, 1.165) is 18.4 Å². The van der Waals surface area contributed by atoms with Crippen molar-refractivity contribution < 1.29 is 42.9 Å². The molecule has 1 N–H and O–H groups in total. The summed E-state index contributed by atoms with van der Waals surface area (Å²) in [5.74, 6) is -2.29. The van der Waals surface area contributed by atoms with E-state index in [2.05, 4.69) is 20.8 Å². The van der Waals surface area contributed by atoms with E-state index in [4.69, 9.17) is 23.4 Å². The first kappa shape index (κ1) is 26.5. The largest absolute Gasteiger partial charge is 0.472 e. The van der Waals surface area contributed by atoms with Crippen molar-refractivity contribution in [3.05, 3.63) is 24.2 Å². The number of carbonyl (C=O) groups excluding carboxylic acids is 3. The highest BCUT2D eigenvalue weighted by Crippen LogP contribution is 2.85. The second kappa shape index (κ2) is 7.91. The lowest BCUT2D eigenvalue weighted by atomic mass is 9.39. The third-order valence-electron chi connectivity index (χ3n) is 12.6. The van der Waals surface area contributed by atoms with E-state index in [-0.39, 0.29) is 60.5 Å². The van der Waals surface area contributed by atoms with Gasteiger partial charge in [-0.15, -0.1) is 0 Å². The highest BCUT2D eigenvalue weighted by Gasteiger charge is 2.93. The standard InChI is InChI=1S/C31H40O9/c1-15(2)26(34)39-24-22-25-31(40-25)17(29(5)18(11-20(32)36-6)28(24,4)14-30(22,29)35)7-9-27(3)19(31)12-21(33)38-23(27)16-8-10-37-13-16/h8,10,13,15,17-19,22-25,35H,7,9,11-12,14H2,1-6H3/t17-,18+,19-,22?,23+,24-,25-,27-,28-,29-,30?,31-/m1/s1. The Bertz CT molecular complexity index is 1270. The number of hydrogen-bond acceptors (Lipinski definition) is 9. The molecule has 7 rings (SSSR count). The number of esters is 3. The lowest BCUT2D eigenvalue weighted by Crippen LogP contribution is -2.72. The molecule has 0 amide bonds. The van der Waals surface area contributed by atoms with Crippen LogP contribution in [-0.2, 0) is 33.3 Å². The quantitative estimate of drug-likeness (QED) is 0.326. The highest BCUT2D eigenvalue weighted by atomic mass is 16.6. The van der Waals surface area contributed by atoms with Gasteiger partial charge >= 0.3 is 17.9 Å². The summed E-state index contributed by atoms with van der Waals surface area (Å²) in [5, 5.41) is 12.7. The van der Waals surface area contributed by atoms with E-state index < -0.39 is 45.6 Å². The van der Waals surface area contributed by atoms with E-state index in [0.29, 0.717) is 6.42 Å². The van der Waals surface area contributed by atoms with E-state index in [9.17, 15) is 19.5 Å². The topological polar surface area (TPSA) is 125 Å². The van der Waals surface area contributed by atoms with Gasteiger partial charge in [0.05, 0.1) is 49.6 Å². The number of rotatable bonds is 5. The number of ether oxygens (including phenoxy) is 4. The molecule has 4 aliphatic carbocycles. The van der Waals surface area contributed by atoms with Crippen LogP contribution in [0.4, 0.5) is 0 Å². The van der Waals surface area contributed by atoms with Gasteiger partial charge in [0.15, 0.2) is 0 Å². The smallest absolute Gasteiger partial charge is 0.308 e. The lowest BCUT2D eigenvalue weighted by molar-refractivity contribution is -0.250. The molecule has 40 heavy (non-hydrogen) atoms. The maximum atomic E-state index is 13.2. The molecule has 1 spiro atoms. The number of fused-ring (bicyclic) bond motifs is 4. The molecule has 1 aromatic rings. The van der Waals surface area contributed by atoms with Gasteiger partial charge < -0.3 is 28.5 Å². The number of aliphatic hydroxyl groups is 1. The summed E-state index contributed by atoms with van der Waals surface area (Å²) in [6.07, 6.45) is 4.07. The summed E-state index contributed by atoms with van der Waals surface area (Å²) < 4.78 is 29.6. The molecule has 2 unspecified atom stereocenters. The van der Waals surface area contributed by atoms with Crippen LogP contribution in [0.2, 0.25) is 0 Å². The Balaban J connectivity index is 1.37. The SMILES string of the molecule is COC(=O)C[C@H]1[C@@]2(C)CC3(O)C([C@H]2OC(=O)C(C)C)[C@H]2O[C@]24[C@@H]2CC(=O)O[C@@H](c5ccoc5)[C@]2(C)CC[C@@H]4[C@]13C. The Hall–Kier alpha value is -2.39. The van der Waals surface area contributed by atoms with Gasteiger partial charge in [0, 0.05) is 34.1 Å². The molecule has 2 saturated heterocycles. The van der Waals surface area contributed by atoms with Crippen molar-refractivity contribution in [2.75, 3.05) is 7.11 Å². The van der Waals surface area contributed by atoms with Crippen LogP contribution < -0.4 is 0 Å². The Morgan fingerprint density at radius 3 is 2.58 bits per heavy atom. The van der Waals surface area contributed by atoms with Crippen molar-refractivity contribution in [1.29, 1.82) is 0 Å². The van der Waals surface area contributed by atoms with Gasteiger partial charge in [-0.1, -0.05) is 34.6 Å². The number of methoxy groups -OCH3 is 1. The summed E-state index contributed by atoms with van der Waals surface area (Å²) >= 11 is 0. The van der Waals surface area contributed by atoms with Crippen LogP contribution in [0.3, 0.4) is 0 Å². The molecule has 1 aromatic heterocycles. The fraction of sp³-hybridized carbons (Fsp3) is 0.774. The Kier molecular flexibility index (Phi) is 5.24. The number of hydrogen-bond donors (Lipinski definition) is 1. The van der Waals surface area contributed by atoms with Crippen LogP contribution >= 0.6 is 0 Å². The molecule has 0 aromatic carbocycles. The van der Waals surface area contributed by atoms with Crippen molar-refractivity contribution in [2.45, 2.75) is 96.2 Å². The summed E-state index contributed by atoms with van der Waals surface area (Å²) in [6.45, 7) is 9.94. The molecule has 4 saturated carbocycles. The van der Waals surface area contributed by atoms with Gasteiger partial charge in [-0.3, -0.25) is 14.4 Å². The van der Waals surface area contributed by atoms with Crippen molar-refractivity contribution in [3.63, 3.8) is 0 Å². The van der Waals surface area contributed by atoms with Crippen molar-refractivity contribution in [2.24, 2.45) is 45.8 Å². The molecule has 6 aliphatic rings. The number of furan rings is 1. The fourth-order valence-corrected chi connectivity index (χ4v) is 11.0. The number of cyclic esters (lactones) is 1. The van der Waals surface area contributed by atoms with Crippen LogP contribution in [0.1, 0.15) is 78.4 Å². The third-order valence-corrected chi connectivity index (χ3v) is 12.6. The van der Waals surface area contributed by atoms with E-state index in [1.165, 1.54) is 7.11 Å². The average Bonchev–Trinajstić information content (AvgIpc) is 3.18. The molecule has 6 fully saturated rings. The zero-order valence-corrected chi connectivity index (χ0v) is 24.1. The molecule has 0 radical (unpaired) electrons. The van der Waals surface area contributed by atoms with Crippen LogP contribution in [0.5, 0.6) is 0 Å². The predicted octanol–water partition coefficient (Wildman–Crippen LogP) is 3.98. The Morgan fingerprint density at radius 1 is 1.18 bits per heavy atom. The van der Waals surface area contributed by atoms with Gasteiger partial charge in [-0.25, -0.2) is 0 Å². The van der Waals surface area contributed by atoms with Crippen LogP contribution in [0.15, 0.2) is 23.0 Å². The van der Waals surface area contributed by atoms with Gasteiger partial charge in [0.2, 0.25) is 0 Å². The van der Waals surface area contributed by atoms with Crippen molar-refractivity contribution >= 4 is 17.9 Å². The highest BCUT2D eigenvalue weighted by molar-refractivity contribution is 5.73. The van der Waals surface area contributed by atoms with Crippen molar-refractivity contribution in [3.8, 4) is 0 Å².